The second kappa shape index (κ2) is 4.52. The zero-order valence-electron chi connectivity index (χ0n) is 5.63. The van der Waals surface area contributed by atoms with E-state index in [0.717, 1.165) is 0 Å². The first kappa shape index (κ1) is 8.65. The minimum Gasteiger partial charge on any atom is -0.290 e. The van der Waals surface area contributed by atoms with Gasteiger partial charge in [-0.15, -0.1) is 0 Å². The van der Waals surface area contributed by atoms with Gasteiger partial charge >= 0.3 is 0 Å². The van der Waals surface area contributed by atoms with Crippen LogP contribution >= 0.6 is 0 Å². The van der Waals surface area contributed by atoms with Gasteiger partial charge in [-0.2, -0.15) is 0 Å². The Balaban J connectivity index is 4.34. The Labute approximate surface area is 59.9 Å². The lowest BCUT2D eigenvalue weighted by Gasteiger charge is -1.96. The Morgan fingerprint density at radius 2 is 2.10 bits per heavy atom. The monoisotopic (exact) mass is 138 g/mol. The standard InChI is InChI=1S/C7H10N2O/c1-3-5-6(4-2)7(10)9-8/h3-5H,1-2,8H2,(H,9,10)/b6-5+. The van der Waals surface area contributed by atoms with Gasteiger partial charge in [0, 0.05) is 5.57 Å². The third kappa shape index (κ3) is 2.28. The quantitative estimate of drug-likeness (QED) is 0.193. The van der Waals surface area contributed by atoms with Crippen LogP contribution in [-0.2, 0) is 4.79 Å². The molecule has 0 unspecified atom stereocenters. The predicted molar refractivity (Wildman–Crippen MR) is 40.8 cm³/mol. The molecule has 0 spiro atoms. The Hall–Kier alpha value is -1.35. The van der Waals surface area contributed by atoms with Crippen LogP contribution in [0.5, 0.6) is 0 Å². The summed E-state index contributed by atoms with van der Waals surface area (Å²) in [7, 11) is 0. The maximum absolute atomic E-state index is 10.7. The van der Waals surface area contributed by atoms with E-state index in [4.69, 9.17) is 5.84 Å². The van der Waals surface area contributed by atoms with Crippen LogP contribution in [0.1, 0.15) is 0 Å². The van der Waals surface area contributed by atoms with Gasteiger partial charge < -0.3 is 0 Å². The first-order chi connectivity index (χ1) is 4.76. The number of nitrogens with one attached hydrogen (secondary N) is 1. The highest BCUT2D eigenvalue weighted by Gasteiger charge is 1.99. The van der Waals surface area contributed by atoms with Crippen molar-refractivity contribution in [3.05, 3.63) is 37.0 Å². The summed E-state index contributed by atoms with van der Waals surface area (Å²) >= 11 is 0. The number of amides is 1. The topological polar surface area (TPSA) is 55.1 Å². The van der Waals surface area contributed by atoms with Gasteiger partial charge in [0.1, 0.15) is 0 Å². The summed E-state index contributed by atoms with van der Waals surface area (Å²) in [5, 5.41) is 0. The van der Waals surface area contributed by atoms with Crippen molar-refractivity contribution >= 4 is 5.91 Å². The zero-order valence-corrected chi connectivity index (χ0v) is 5.63. The van der Waals surface area contributed by atoms with Crippen molar-refractivity contribution in [2.45, 2.75) is 0 Å². The highest BCUT2D eigenvalue weighted by atomic mass is 16.2. The van der Waals surface area contributed by atoms with Crippen LogP contribution in [0.2, 0.25) is 0 Å². The molecule has 3 N–H and O–H groups in total. The van der Waals surface area contributed by atoms with Crippen molar-refractivity contribution in [3.63, 3.8) is 0 Å². The molecule has 3 nitrogen and oxygen atoms in total. The SMILES string of the molecule is C=C/C=C(\C=C)C(=O)NN. The Morgan fingerprint density at radius 3 is 2.40 bits per heavy atom. The molecule has 54 valence electrons. The Morgan fingerprint density at radius 1 is 1.50 bits per heavy atom. The second-order valence-corrected chi connectivity index (χ2v) is 1.54. The third-order valence-corrected chi connectivity index (χ3v) is 0.911. The van der Waals surface area contributed by atoms with Crippen molar-refractivity contribution in [3.8, 4) is 0 Å². The normalized spacial score (nSPS) is 10.3. The summed E-state index contributed by atoms with van der Waals surface area (Å²) in [5.74, 6) is 4.49. The molecular weight excluding hydrogens is 128 g/mol. The van der Waals surface area contributed by atoms with E-state index in [1.807, 2.05) is 5.43 Å². The van der Waals surface area contributed by atoms with Gasteiger partial charge in [-0.05, 0) is 0 Å². The van der Waals surface area contributed by atoms with Crippen molar-refractivity contribution in [1.82, 2.24) is 5.43 Å². The number of hydrogen-bond donors (Lipinski definition) is 2. The lowest BCUT2D eigenvalue weighted by Crippen LogP contribution is -2.30. The van der Waals surface area contributed by atoms with E-state index in [2.05, 4.69) is 13.2 Å². The Bertz CT molecular complexity index is 182. The molecule has 0 aliphatic heterocycles. The molecule has 0 atom stereocenters. The van der Waals surface area contributed by atoms with E-state index in [-0.39, 0.29) is 5.91 Å². The first-order valence-corrected chi connectivity index (χ1v) is 2.72. The molecule has 0 aromatic carbocycles. The van der Waals surface area contributed by atoms with E-state index < -0.39 is 0 Å². The van der Waals surface area contributed by atoms with Gasteiger partial charge in [-0.3, -0.25) is 10.2 Å². The van der Waals surface area contributed by atoms with Crippen molar-refractivity contribution in [1.29, 1.82) is 0 Å². The summed E-state index contributed by atoms with van der Waals surface area (Å²) in [6, 6.07) is 0. The van der Waals surface area contributed by atoms with Crippen molar-refractivity contribution < 1.29 is 4.79 Å². The van der Waals surface area contributed by atoms with Gasteiger partial charge in [0.25, 0.3) is 5.91 Å². The average Bonchev–Trinajstić information content (AvgIpc) is 1.99. The molecule has 0 heterocycles. The summed E-state index contributed by atoms with van der Waals surface area (Å²) in [4.78, 5) is 10.7. The number of carbonyl (C=O) groups excluding carboxylic acids is 1. The van der Waals surface area contributed by atoms with E-state index >= 15 is 0 Å². The van der Waals surface area contributed by atoms with E-state index in [0.29, 0.717) is 5.57 Å². The van der Waals surface area contributed by atoms with Crippen molar-refractivity contribution in [2.24, 2.45) is 5.84 Å². The molecule has 0 rings (SSSR count). The van der Waals surface area contributed by atoms with Crippen LogP contribution in [0.3, 0.4) is 0 Å². The van der Waals surface area contributed by atoms with Gasteiger partial charge in [0.15, 0.2) is 0 Å². The fraction of sp³-hybridized carbons (Fsp3) is 0. The van der Waals surface area contributed by atoms with Gasteiger partial charge in [0.2, 0.25) is 0 Å². The maximum Gasteiger partial charge on any atom is 0.265 e. The largest absolute Gasteiger partial charge is 0.290 e. The number of hydrazine groups is 1. The number of hydrogen-bond acceptors (Lipinski definition) is 2. The second-order valence-electron chi connectivity index (χ2n) is 1.54. The summed E-state index contributed by atoms with van der Waals surface area (Å²) in [6.45, 7) is 6.84. The highest BCUT2D eigenvalue weighted by molar-refractivity contribution is 5.95. The smallest absolute Gasteiger partial charge is 0.265 e. The molecule has 0 bridgehead atoms. The molecule has 0 saturated heterocycles. The summed E-state index contributed by atoms with van der Waals surface area (Å²) in [6.07, 6.45) is 4.42. The molecule has 0 radical (unpaired) electrons. The lowest BCUT2D eigenvalue weighted by atomic mass is 10.2. The molecule has 10 heavy (non-hydrogen) atoms. The van der Waals surface area contributed by atoms with Crippen LogP contribution in [0, 0.1) is 0 Å². The number of nitrogens with two attached hydrogens (primary N) is 1. The van der Waals surface area contributed by atoms with E-state index in [1.54, 1.807) is 0 Å². The molecule has 0 aliphatic rings. The zero-order chi connectivity index (χ0) is 7.98. The molecule has 3 heteroatoms. The summed E-state index contributed by atoms with van der Waals surface area (Å²) in [5.41, 5.74) is 2.38. The van der Waals surface area contributed by atoms with Crippen molar-refractivity contribution in [2.75, 3.05) is 0 Å². The van der Waals surface area contributed by atoms with Gasteiger partial charge in [0.05, 0.1) is 0 Å². The van der Waals surface area contributed by atoms with Crippen LogP contribution in [0.25, 0.3) is 0 Å². The average molecular weight is 138 g/mol. The predicted octanol–water partition coefficient (Wildman–Crippen LogP) is 0.275. The van der Waals surface area contributed by atoms with E-state index in [9.17, 15) is 4.79 Å². The first-order valence-electron chi connectivity index (χ1n) is 2.72. The lowest BCUT2D eigenvalue weighted by molar-refractivity contribution is -0.117. The van der Waals surface area contributed by atoms with Gasteiger partial charge in [-0.1, -0.05) is 31.4 Å². The van der Waals surface area contributed by atoms with Crippen LogP contribution in [0.15, 0.2) is 37.0 Å². The molecule has 1 amide bonds. The molecule has 0 aliphatic carbocycles. The minimum absolute atomic E-state index is 0.366. The fourth-order valence-corrected chi connectivity index (χ4v) is 0.447. The third-order valence-electron chi connectivity index (χ3n) is 0.911. The van der Waals surface area contributed by atoms with E-state index in [1.165, 1.54) is 18.2 Å². The fourth-order valence-electron chi connectivity index (χ4n) is 0.447. The molecule has 0 saturated carbocycles. The number of allylic oxidation sites excluding steroid dienone is 2. The van der Waals surface area contributed by atoms with Crippen LogP contribution in [0.4, 0.5) is 0 Å². The highest BCUT2D eigenvalue weighted by Crippen LogP contribution is 1.93. The van der Waals surface area contributed by atoms with Gasteiger partial charge in [-0.25, -0.2) is 5.84 Å². The molecule has 0 aromatic rings. The maximum atomic E-state index is 10.7. The van der Waals surface area contributed by atoms with Crippen LogP contribution < -0.4 is 11.3 Å². The molecule has 0 aromatic heterocycles. The number of carbonyl (C=O) groups is 1. The molecule has 0 fully saturated rings. The minimum atomic E-state index is -0.366. The van der Waals surface area contributed by atoms with Crippen LogP contribution in [-0.4, -0.2) is 5.91 Å². The number of rotatable bonds is 3. The summed E-state index contributed by atoms with van der Waals surface area (Å²) < 4.78 is 0. The Kier molecular flexibility index (Phi) is 3.91. The molecular formula is C7H10N2O.